The molecule has 4 heterocycles. The summed E-state index contributed by atoms with van der Waals surface area (Å²) >= 11 is 6.77. The van der Waals surface area contributed by atoms with Gasteiger partial charge in [-0.2, -0.15) is 0 Å². The largest absolute Gasteiger partial charge is 0.366 e. The lowest BCUT2D eigenvalue weighted by atomic mass is 10.1. The lowest BCUT2D eigenvalue weighted by Crippen LogP contribution is -2.47. The van der Waals surface area contributed by atoms with Crippen molar-refractivity contribution in [1.29, 1.82) is 0 Å². The van der Waals surface area contributed by atoms with Crippen LogP contribution in [-0.2, 0) is 11.3 Å². The number of hydrogen-bond acceptors (Lipinski definition) is 7. The van der Waals surface area contributed by atoms with E-state index in [9.17, 15) is 14.0 Å². The molecule has 1 amide bonds. The van der Waals surface area contributed by atoms with Crippen molar-refractivity contribution in [3.05, 3.63) is 110 Å². The number of rotatable bonds is 5. The minimum atomic E-state index is -0.258. The third kappa shape index (κ3) is 5.37. The number of piperazine rings is 1. The number of pyridine rings is 1. The molecule has 0 atom stereocenters. The molecule has 41 heavy (non-hydrogen) atoms. The number of halogens is 1. The number of fused-ring (bicyclic) bond motifs is 1. The second-order valence-electron chi connectivity index (χ2n) is 10.3. The molecule has 0 saturated carbocycles. The predicted molar refractivity (Wildman–Crippen MR) is 167 cm³/mol. The average Bonchev–Trinajstić information content (AvgIpc) is 3.23. The van der Waals surface area contributed by atoms with Gasteiger partial charge in [0.25, 0.3) is 11.5 Å². The van der Waals surface area contributed by atoms with E-state index in [2.05, 4.69) is 0 Å². The smallest absolute Gasteiger partial charge is 0.267 e. The number of aryl methyl sites for hydroxylation is 2. The second-order valence-corrected chi connectivity index (χ2v) is 11.9. The molecule has 0 spiro atoms. The second kappa shape index (κ2) is 11.1. The number of para-hydroxylation sites is 1. The normalized spacial score (nSPS) is 16.9. The fourth-order valence-electron chi connectivity index (χ4n) is 5.13. The number of amides is 1. The van der Waals surface area contributed by atoms with E-state index >= 15 is 0 Å². The average molecular weight is 586 g/mol. The monoisotopic (exact) mass is 585 g/mol. The summed E-state index contributed by atoms with van der Waals surface area (Å²) in [5.41, 5.74) is 4.20. The van der Waals surface area contributed by atoms with Gasteiger partial charge in [-0.05, 0) is 49.2 Å². The number of nitrogens with zero attached hydrogens (tertiary/aromatic N) is 5. The van der Waals surface area contributed by atoms with Gasteiger partial charge in [0, 0.05) is 32.4 Å². The number of hydrogen-bond donors (Lipinski definition) is 0. The molecule has 0 aliphatic carbocycles. The van der Waals surface area contributed by atoms with Crippen LogP contribution in [0.2, 0.25) is 0 Å². The highest BCUT2D eigenvalue weighted by Gasteiger charge is 2.33. The standard InChI is InChI=1S/C31H28FN5O2S2/c1-20-7-10-22(11-8-20)19-37-30(39)26(41-31(37)40)17-23-28(33-27-12-9-21(2)18-36(27)29(23)38)35-15-13-34(14-16-35)25-6-4-3-5-24(25)32/h3-12,17-18H,13-16,19H2,1-2H3/b26-17+. The topological polar surface area (TPSA) is 61.2 Å². The molecule has 10 heteroatoms. The quantitative estimate of drug-likeness (QED) is 0.236. The van der Waals surface area contributed by atoms with Gasteiger partial charge in [0.1, 0.15) is 21.6 Å². The number of thioether (sulfide) groups is 1. The first-order chi connectivity index (χ1) is 19.8. The van der Waals surface area contributed by atoms with Crippen LogP contribution in [0.15, 0.2) is 76.6 Å². The van der Waals surface area contributed by atoms with E-state index in [0.29, 0.717) is 64.7 Å². The van der Waals surface area contributed by atoms with E-state index in [4.69, 9.17) is 17.2 Å². The van der Waals surface area contributed by atoms with Crippen LogP contribution in [0.25, 0.3) is 11.7 Å². The Morgan fingerprint density at radius 1 is 0.927 bits per heavy atom. The van der Waals surface area contributed by atoms with Crippen molar-refractivity contribution >= 4 is 57.4 Å². The van der Waals surface area contributed by atoms with Crippen molar-refractivity contribution in [2.24, 2.45) is 0 Å². The summed E-state index contributed by atoms with van der Waals surface area (Å²) in [5.74, 6) is 0.0206. The van der Waals surface area contributed by atoms with Crippen LogP contribution in [0.5, 0.6) is 0 Å². The first-order valence-corrected chi connectivity index (χ1v) is 14.6. The van der Waals surface area contributed by atoms with Gasteiger partial charge in [0.05, 0.1) is 22.7 Å². The number of carbonyl (C=O) groups excluding carboxylic acids is 1. The molecule has 2 saturated heterocycles. The van der Waals surface area contributed by atoms with Gasteiger partial charge < -0.3 is 9.80 Å². The molecule has 7 nitrogen and oxygen atoms in total. The SMILES string of the molecule is Cc1ccc(CN2C(=O)/C(=C\c3c(N4CCN(c5ccccc5F)CC4)nc4ccc(C)cn4c3=O)SC2=S)cc1. The molecule has 0 bridgehead atoms. The third-order valence-electron chi connectivity index (χ3n) is 7.37. The van der Waals surface area contributed by atoms with Crippen LogP contribution >= 0.6 is 24.0 Å². The maximum Gasteiger partial charge on any atom is 0.267 e. The van der Waals surface area contributed by atoms with Crippen LogP contribution in [0, 0.1) is 19.7 Å². The molecule has 2 aromatic heterocycles. The van der Waals surface area contributed by atoms with Gasteiger partial charge in [-0.25, -0.2) is 9.37 Å². The van der Waals surface area contributed by atoms with Crippen molar-refractivity contribution in [2.45, 2.75) is 20.4 Å². The maximum atomic E-state index is 14.4. The molecular weight excluding hydrogens is 558 g/mol. The Balaban J connectivity index is 1.35. The van der Waals surface area contributed by atoms with Crippen molar-refractivity contribution < 1.29 is 9.18 Å². The highest BCUT2D eigenvalue weighted by molar-refractivity contribution is 8.26. The minimum absolute atomic E-state index is 0.232. The van der Waals surface area contributed by atoms with Crippen molar-refractivity contribution in [3.63, 3.8) is 0 Å². The van der Waals surface area contributed by atoms with Gasteiger partial charge in [-0.3, -0.25) is 18.9 Å². The number of carbonyl (C=O) groups is 1. The molecule has 2 aromatic carbocycles. The van der Waals surface area contributed by atoms with Gasteiger partial charge in [0.2, 0.25) is 0 Å². The van der Waals surface area contributed by atoms with E-state index in [0.717, 1.165) is 16.7 Å². The summed E-state index contributed by atoms with van der Waals surface area (Å²) < 4.78 is 16.4. The van der Waals surface area contributed by atoms with E-state index in [1.807, 2.05) is 66.1 Å². The molecule has 0 N–H and O–H groups in total. The Bertz CT molecular complexity index is 1760. The Kier molecular flexibility index (Phi) is 7.35. The van der Waals surface area contributed by atoms with E-state index < -0.39 is 0 Å². The first-order valence-electron chi connectivity index (χ1n) is 13.4. The van der Waals surface area contributed by atoms with Gasteiger partial charge >= 0.3 is 0 Å². The van der Waals surface area contributed by atoms with Crippen LogP contribution in [-0.4, -0.2) is 50.7 Å². The summed E-state index contributed by atoms with van der Waals surface area (Å²) in [7, 11) is 0. The molecular formula is C31H28FN5O2S2. The Morgan fingerprint density at radius 3 is 2.34 bits per heavy atom. The van der Waals surface area contributed by atoms with Crippen molar-refractivity contribution in [1.82, 2.24) is 14.3 Å². The molecule has 6 rings (SSSR count). The van der Waals surface area contributed by atoms with Gasteiger partial charge in [-0.15, -0.1) is 0 Å². The zero-order valence-electron chi connectivity index (χ0n) is 22.7. The molecule has 2 aliphatic heterocycles. The number of benzene rings is 2. The number of thiocarbonyl (C=S) groups is 1. The van der Waals surface area contributed by atoms with Crippen molar-refractivity contribution in [3.8, 4) is 0 Å². The number of anilines is 2. The van der Waals surface area contributed by atoms with E-state index in [-0.39, 0.29) is 17.3 Å². The molecule has 4 aromatic rings. The zero-order valence-corrected chi connectivity index (χ0v) is 24.3. The van der Waals surface area contributed by atoms with Crippen LogP contribution in [0.3, 0.4) is 0 Å². The predicted octanol–water partition coefficient (Wildman–Crippen LogP) is 5.18. The summed E-state index contributed by atoms with van der Waals surface area (Å²) in [5, 5.41) is 0. The molecule has 2 fully saturated rings. The molecule has 2 aliphatic rings. The van der Waals surface area contributed by atoms with Crippen LogP contribution in [0.4, 0.5) is 15.9 Å². The van der Waals surface area contributed by atoms with Crippen LogP contribution < -0.4 is 15.4 Å². The van der Waals surface area contributed by atoms with E-state index in [1.165, 1.54) is 22.2 Å². The molecule has 208 valence electrons. The summed E-state index contributed by atoms with van der Waals surface area (Å²) in [4.78, 5) is 38.3. The highest BCUT2D eigenvalue weighted by atomic mass is 32.2. The van der Waals surface area contributed by atoms with Gasteiger partial charge in [-0.1, -0.05) is 72.0 Å². The molecule has 0 radical (unpaired) electrons. The maximum absolute atomic E-state index is 14.4. The third-order valence-corrected chi connectivity index (χ3v) is 8.75. The molecule has 0 unspecified atom stereocenters. The lowest BCUT2D eigenvalue weighted by Gasteiger charge is -2.37. The summed E-state index contributed by atoms with van der Waals surface area (Å²) in [6.45, 7) is 6.50. The van der Waals surface area contributed by atoms with E-state index in [1.54, 1.807) is 29.3 Å². The number of aromatic nitrogens is 2. The lowest BCUT2D eigenvalue weighted by molar-refractivity contribution is -0.122. The highest BCUT2D eigenvalue weighted by Crippen LogP contribution is 2.35. The Hall–Kier alpha value is -4.02. The Labute approximate surface area is 246 Å². The Morgan fingerprint density at radius 2 is 1.61 bits per heavy atom. The van der Waals surface area contributed by atoms with Crippen molar-refractivity contribution in [2.75, 3.05) is 36.0 Å². The summed E-state index contributed by atoms with van der Waals surface area (Å²) in [6.07, 6.45) is 3.39. The van der Waals surface area contributed by atoms with Gasteiger partial charge in [0.15, 0.2) is 0 Å². The van der Waals surface area contributed by atoms with Crippen LogP contribution in [0.1, 0.15) is 22.3 Å². The first kappa shape index (κ1) is 27.2. The zero-order chi connectivity index (χ0) is 28.7. The minimum Gasteiger partial charge on any atom is -0.366 e. The fourth-order valence-corrected chi connectivity index (χ4v) is 6.36. The summed E-state index contributed by atoms with van der Waals surface area (Å²) in [6, 6.07) is 18.5. The fraction of sp³-hybridized carbons (Fsp3) is 0.226.